The third-order valence-electron chi connectivity index (χ3n) is 4.01. The lowest BCUT2D eigenvalue weighted by atomic mass is 10.1. The molecule has 4 rings (SSSR count). The van der Waals surface area contributed by atoms with E-state index in [2.05, 4.69) is 44.1 Å². The SMILES string of the molecule is Nc1nc(-c2ccc3[nH]ccc3c2)cc(N2CCCC2)n1. The van der Waals surface area contributed by atoms with Gasteiger partial charge in [0.15, 0.2) is 0 Å². The van der Waals surface area contributed by atoms with Crippen LogP contribution in [0.4, 0.5) is 11.8 Å². The first-order valence-corrected chi connectivity index (χ1v) is 7.27. The molecule has 0 atom stereocenters. The van der Waals surface area contributed by atoms with E-state index in [1.54, 1.807) is 0 Å². The third kappa shape index (κ3) is 2.20. The molecule has 2 aromatic heterocycles. The van der Waals surface area contributed by atoms with Crippen LogP contribution in [0.1, 0.15) is 12.8 Å². The summed E-state index contributed by atoms with van der Waals surface area (Å²) in [5.41, 5.74) is 8.98. The number of nitrogens with two attached hydrogens (primary N) is 1. The van der Waals surface area contributed by atoms with Crippen molar-refractivity contribution in [3.8, 4) is 11.3 Å². The Morgan fingerprint density at radius 2 is 1.90 bits per heavy atom. The van der Waals surface area contributed by atoms with E-state index in [0.717, 1.165) is 35.7 Å². The van der Waals surface area contributed by atoms with E-state index in [0.29, 0.717) is 5.95 Å². The van der Waals surface area contributed by atoms with Crippen LogP contribution >= 0.6 is 0 Å². The average molecular weight is 279 g/mol. The molecule has 0 spiro atoms. The quantitative estimate of drug-likeness (QED) is 0.756. The average Bonchev–Trinajstić information content (AvgIpc) is 3.17. The van der Waals surface area contributed by atoms with E-state index in [9.17, 15) is 0 Å². The van der Waals surface area contributed by atoms with Crippen LogP contribution in [0, 0.1) is 0 Å². The van der Waals surface area contributed by atoms with E-state index in [-0.39, 0.29) is 0 Å². The van der Waals surface area contributed by atoms with Crippen LogP contribution in [0.5, 0.6) is 0 Å². The highest BCUT2D eigenvalue weighted by Crippen LogP contribution is 2.27. The zero-order valence-electron chi connectivity index (χ0n) is 11.7. The second-order valence-electron chi connectivity index (χ2n) is 5.44. The number of nitrogen functional groups attached to an aromatic ring is 1. The molecule has 5 nitrogen and oxygen atoms in total. The van der Waals surface area contributed by atoms with Crippen molar-refractivity contribution in [2.45, 2.75) is 12.8 Å². The van der Waals surface area contributed by atoms with Gasteiger partial charge in [0.05, 0.1) is 5.69 Å². The van der Waals surface area contributed by atoms with Crippen molar-refractivity contribution >= 4 is 22.7 Å². The number of nitrogens with one attached hydrogen (secondary N) is 1. The monoisotopic (exact) mass is 279 g/mol. The number of rotatable bonds is 2. The Hall–Kier alpha value is -2.56. The van der Waals surface area contributed by atoms with Gasteiger partial charge in [0, 0.05) is 41.8 Å². The van der Waals surface area contributed by atoms with E-state index in [4.69, 9.17) is 5.73 Å². The first-order valence-electron chi connectivity index (χ1n) is 7.27. The zero-order chi connectivity index (χ0) is 14.2. The predicted octanol–water partition coefficient (Wildman–Crippen LogP) is 2.81. The summed E-state index contributed by atoms with van der Waals surface area (Å²) in [4.78, 5) is 14.3. The number of hydrogen-bond acceptors (Lipinski definition) is 4. The highest BCUT2D eigenvalue weighted by Gasteiger charge is 2.15. The minimum atomic E-state index is 0.337. The number of benzene rings is 1. The van der Waals surface area contributed by atoms with E-state index in [1.807, 2.05) is 12.3 Å². The fourth-order valence-corrected chi connectivity index (χ4v) is 2.92. The Labute approximate surface area is 122 Å². The van der Waals surface area contributed by atoms with Gasteiger partial charge in [-0.1, -0.05) is 6.07 Å². The molecule has 3 aromatic rings. The van der Waals surface area contributed by atoms with Crippen molar-refractivity contribution in [1.29, 1.82) is 0 Å². The molecule has 106 valence electrons. The van der Waals surface area contributed by atoms with Crippen LogP contribution in [0.25, 0.3) is 22.2 Å². The molecule has 3 N–H and O–H groups in total. The molecule has 0 unspecified atom stereocenters. The summed E-state index contributed by atoms with van der Waals surface area (Å²) in [6, 6.07) is 10.4. The number of aromatic nitrogens is 3. The van der Waals surface area contributed by atoms with Crippen molar-refractivity contribution < 1.29 is 0 Å². The second kappa shape index (κ2) is 4.77. The van der Waals surface area contributed by atoms with Gasteiger partial charge in [-0.2, -0.15) is 4.98 Å². The minimum absolute atomic E-state index is 0.337. The normalized spacial score (nSPS) is 15.0. The number of aromatic amines is 1. The van der Waals surface area contributed by atoms with Gasteiger partial charge in [-0.15, -0.1) is 0 Å². The van der Waals surface area contributed by atoms with E-state index in [1.165, 1.54) is 18.2 Å². The molecule has 1 fully saturated rings. The van der Waals surface area contributed by atoms with Gasteiger partial charge in [-0.25, -0.2) is 4.98 Å². The van der Waals surface area contributed by atoms with Crippen molar-refractivity contribution in [2.24, 2.45) is 0 Å². The van der Waals surface area contributed by atoms with Crippen molar-refractivity contribution in [2.75, 3.05) is 23.7 Å². The van der Waals surface area contributed by atoms with Crippen molar-refractivity contribution in [1.82, 2.24) is 15.0 Å². The fraction of sp³-hybridized carbons (Fsp3) is 0.250. The minimum Gasteiger partial charge on any atom is -0.368 e. The molecule has 1 saturated heterocycles. The van der Waals surface area contributed by atoms with Crippen LogP contribution < -0.4 is 10.6 Å². The number of fused-ring (bicyclic) bond motifs is 1. The molecule has 1 aromatic carbocycles. The molecule has 21 heavy (non-hydrogen) atoms. The Kier molecular flexibility index (Phi) is 2.77. The van der Waals surface area contributed by atoms with Gasteiger partial charge >= 0.3 is 0 Å². The summed E-state index contributed by atoms with van der Waals surface area (Å²) in [7, 11) is 0. The predicted molar refractivity (Wildman–Crippen MR) is 85.2 cm³/mol. The first-order chi connectivity index (χ1) is 10.3. The van der Waals surface area contributed by atoms with E-state index >= 15 is 0 Å². The molecule has 0 aliphatic carbocycles. The Morgan fingerprint density at radius 3 is 2.76 bits per heavy atom. The van der Waals surface area contributed by atoms with Crippen LogP contribution in [0.3, 0.4) is 0 Å². The third-order valence-corrected chi connectivity index (χ3v) is 4.01. The standard InChI is InChI=1S/C16H17N5/c17-16-19-14(10-15(20-16)21-7-1-2-8-21)11-3-4-13-12(9-11)5-6-18-13/h3-6,9-10,18H,1-2,7-8H2,(H2,17,19,20). The molecule has 0 amide bonds. The second-order valence-corrected chi connectivity index (χ2v) is 5.44. The Morgan fingerprint density at radius 1 is 1.05 bits per heavy atom. The molecule has 1 aliphatic heterocycles. The molecule has 0 bridgehead atoms. The summed E-state index contributed by atoms with van der Waals surface area (Å²) >= 11 is 0. The summed E-state index contributed by atoms with van der Waals surface area (Å²) in [5, 5.41) is 1.17. The fourth-order valence-electron chi connectivity index (χ4n) is 2.92. The Bertz CT molecular complexity index is 786. The van der Waals surface area contributed by atoms with Gasteiger partial charge in [0.2, 0.25) is 5.95 Å². The molecular weight excluding hydrogens is 262 g/mol. The molecule has 1 aliphatic rings. The van der Waals surface area contributed by atoms with Crippen LogP contribution in [0.15, 0.2) is 36.5 Å². The van der Waals surface area contributed by atoms with E-state index < -0.39 is 0 Å². The van der Waals surface area contributed by atoms with Gasteiger partial charge < -0.3 is 15.6 Å². The van der Waals surface area contributed by atoms with Gasteiger partial charge in [0.1, 0.15) is 5.82 Å². The lowest BCUT2D eigenvalue weighted by molar-refractivity contribution is 0.932. The smallest absolute Gasteiger partial charge is 0.222 e. The maximum Gasteiger partial charge on any atom is 0.222 e. The number of H-pyrrole nitrogens is 1. The van der Waals surface area contributed by atoms with Crippen LogP contribution in [-0.4, -0.2) is 28.0 Å². The molecule has 0 radical (unpaired) electrons. The van der Waals surface area contributed by atoms with Crippen LogP contribution in [-0.2, 0) is 0 Å². The zero-order valence-corrected chi connectivity index (χ0v) is 11.7. The summed E-state index contributed by atoms with van der Waals surface area (Å²) in [6.45, 7) is 2.10. The summed E-state index contributed by atoms with van der Waals surface area (Å²) < 4.78 is 0. The van der Waals surface area contributed by atoms with Crippen molar-refractivity contribution in [3.05, 3.63) is 36.5 Å². The first kappa shape index (κ1) is 12.2. The lowest BCUT2D eigenvalue weighted by Crippen LogP contribution is -2.19. The highest BCUT2D eigenvalue weighted by atomic mass is 15.2. The van der Waals surface area contributed by atoms with Gasteiger partial charge in [-0.3, -0.25) is 0 Å². The Balaban J connectivity index is 1.79. The number of nitrogens with zero attached hydrogens (tertiary/aromatic N) is 3. The molecule has 3 heterocycles. The maximum absolute atomic E-state index is 5.90. The lowest BCUT2D eigenvalue weighted by Gasteiger charge is -2.17. The van der Waals surface area contributed by atoms with Gasteiger partial charge in [-0.05, 0) is 31.0 Å². The maximum atomic E-state index is 5.90. The number of anilines is 2. The number of hydrogen-bond donors (Lipinski definition) is 2. The summed E-state index contributed by atoms with van der Waals surface area (Å²) in [6.07, 6.45) is 4.38. The largest absolute Gasteiger partial charge is 0.368 e. The topological polar surface area (TPSA) is 70.8 Å². The molecule has 0 saturated carbocycles. The van der Waals surface area contributed by atoms with Crippen molar-refractivity contribution in [3.63, 3.8) is 0 Å². The highest BCUT2D eigenvalue weighted by molar-refractivity contribution is 5.84. The summed E-state index contributed by atoms with van der Waals surface area (Å²) in [5.74, 6) is 1.27. The van der Waals surface area contributed by atoms with Crippen LogP contribution in [0.2, 0.25) is 0 Å². The molecular formula is C16H17N5. The molecule has 5 heteroatoms. The van der Waals surface area contributed by atoms with Gasteiger partial charge in [0.25, 0.3) is 0 Å².